The van der Waals surface area contributed by atoms with Gasteiger partial charge in [-0.25, -0.2) is 4.79 Å². The van der Waals surface area contributed by atoms with Crippen LogP contribution in [0.1, 0.15) is 17.4 Å². The summed E-state index contributed by atoms with van der Waals surface area (Å²) in [7, 11) is -1.90. The van der Waals surface area contributed by atoms with Gasteiger partial charge in [-0.1, -0.05) is 18.2 Å². The number of carbonyl (C=O) groups excluding carboxylic acids is 1. The molecule has 0 fully saturated rings. The van der Waals surface area contributed by atoms with Crippen molar-refractivity contribution in [3.05, 3.63) is 70.6 Å². The van der Waals surface area contributed by atoms with E-state index in [-0.39, 0.29) is 23.0 Å². The number of para-hydroxylation sites is 1. The number of esters is 1. The van der Waals surface area contributed by atoms with E-state index in [1.165, 1.54) is 32.4 Å². The molecule has 0 radical (unpaired) electrons. The van der Waals surface area contributed by atoms with Gasteiger partial charge in [-0.2, -0.15) is 18.2 Å². The second-order valence-corrected chi connectivity index (χ2v) is 7.73. The third-order valence-electron chi connectivity index (χ3n) is 4.21. The highest BCUT2D eigenvalue weighted by atomic mass is 32.2. The molecular formula is C21H20N2O8S. The van der Waals surface area contributed by atoms with E-state index in [2.05, 4.69) is 5.10 Å². The molecule has 2 aromatic carbocycles. The predicted octanol–water partition coefficient (Wildman–Crippen LogP) is 2.19. The summed E-state index contributed by atoms with van der Waals surface area (Å²) in [6.45, 7) is 1.57. The number of hydrogen-bond acceptors (Lipinski definition) is 9. The average molecular weight is 460 g/mol. The van der Waals surface area contributed by atoms with Crippen LogP contribution in [0, 0.1) is 0 Å². The Hall–Kier alpha value is -3.86. The topological polar surface area (TPSA) is 123 Å². The van der Waals surface area contributed by atoms with Gasteiger partial charge in [0.1, 0.15) is 11.5 Å². The molecule has 10 nitrogen and oxygen atoms in total. The molecule has 0 atom stereocenters. The van der Waals surface area contributed by atoms with E-state index in [1.807, 2.05) is 0 Å². The van der Waals surface area contributed by atoms with E-state index in [0.717, 1.165) is 10.7 Å². The highest BCUT2D eigenvalue weighted by molar-refractivity contribution is 7.87. The fourth-order valence-corrected chi connectivity index (χ4v) is 3.85. The van der Waals surface area contributed by atoms with Crippen molar-refractivity contribution in [2.75, 3.05) is 20.8 Å². The molecule has 3 rings (SSSR count). The van der Waals surface area contributed by atoms with Crippen molar-refractivity contribution in [3.8, 4) is 22.9 Å². The Kier molecular flexibility index (Phi) is 6.79. The van der Waals surface area contributed by atoms with Gasteiger partial charge in [-0.05, 0) is 31.2 Å². The summed E-state index contributed by atoms with van der Waals surface area (Å²) in [5.41, 5.74) is -0.834. The number of rotatable bonds is 8. The van der Waals surface area contributed by atoms with Crippen LogP contribution in [0.15, 0.2) is 64.3 Å². The summed E-state index contributed by atoms with van der Waals surface area (Å²) in [5, 5.41) is 4.00. The minimum atomic E-state index is -4.55. The number of nitrogens with zero attached hydrogens (tertiary/aromatic N) is 2. The molecule has 32 heavy (non-hydrogen) atoms. The van der Waals surface area contributed by atoms with Gasteiger partial charge in [0.05, 0.1) is 32.6 Å². The predicted molar refractivity (Wildman–Crippen MR) is 113 cm³/mol. The number of methoxy groups -OCH3 is 2. The van der Waals surface area contributed by atoms with Crippen LogP contribution in [0.25, 0.3) is 5.69 Å². The molecule has 0 saturated carbocycles. The lowest BCUT2D eigenvalue weighted by Gasteiger charge is -2.14. The Morgan fingerprint density at radius 1 is 1.00 bits per heavy atom. The third-order valence-corrected chi connectivity index (χ3v) is 5.46. The van der Waals surface area contributed by atoms with Gasteiger partial charge in [0, 0.05) is 6.07 Å². The lowest BCUT2D eigenvalue weighted by molar-refractivity contribution is 0.0515. The Morgan fingerprint density at radius 2 is 1.72 bits per heavy atom. The lowest BCUT2D eigenvalue weighted by Crippen LogP contribution is -2.26. The number of carbonyl (C=O) groups is 1. The standard InChI is InChI=1S/C21H20N2O8S/c1-4-30-21(25)20-17(13-19(24)23(22-20)14-8-6-5-7-9-14)31-32(26,27)18-12-15(28-2)10-11-16(18)29-3/h5-13H,4H2,1-3H3. The first-order chi connectivity index (χ1) is 15.3. The summed E-state index contributed by atoms with van der Waals surface area (Å²) < 4.78 is 47.2. The third kappa shape index (κ3) is 4.72. The molecule has 0 N–H and O–H groups in total. The maximum absolute atomic E-state index is 13.0. The first-order valence-corrected chi connectivity index (χ1v) is 10.7. The van der Waals surface area contributed by atoms with Crippen molar-refractivity contribution in [1.29, 1.82) is 0 Å². The van der Waals surface area contributed by atoms with Crippen molar-refractivity contribution in [2.45, 2.75) is 11.8 Å². The SMILES string of the molecule is CCOC(=O)c1nn(-c2ccccc2)c(=O)cc1OS(=O)(=O)c1cc(OC)ccc1OC. The molecule has 0 unspecified atom stereocenters. The van der Waals surface area contributed by atoms with Gasteiger partial charge in [0.25, 0.3) is 5.56 Å². The fraction of sp³-hybridized carbons (Fsp3) is 0.190. The highest BCUT2D eigenvalue weighted by Crippen LogP contribution is 2.31. The molecule has 0 amide bonds. The van der Waals surface area contributed by atoms with Gasteiger partial charge in [-0.3, -0.25) is 4.79 Å². The van der Waals surface area contributed by atoms with Crippen LogP contribution in [-0.2, 0) is 14.9 Å². The number of aromatic nitrogens is 2. The molecular weight excluding hydrogens is 440 g/mol. The van der Waals surface area contributed by atoms with Crippen LogP contribution in [-0.4, -0.2) is 45.0 Å². The normalized spacial score (nSPS) is 11.0. The Bertz CT molecular complexity index is 1290. The van der Waals surface area contributed by atoms with Gasteiger partial charge in [-0.15, -0.1) is 0 Å². The molecule has 11 heteroatoms. The molecule has 1 heterocycles. The van der Waals surface area contributed by atoms with E-state index < -0.39 is 33.1 Å². The summed E-state index contributed by atoms with van der Waals surface area (Å²) in [5.74, 6) is -1.32. The van der Waals surface area contributed by atoms with Crippen LogP contribution >= 0.6 is 0 Å². The van der Waals surface area contributed by atoms with E-state index in [4.69, 9.17) is 18.4 Å². The van der Waals surface area contributed by atoms with Gasteiger partial charge < -0.3 is 18.4 Å². The molecule has 1 aromatic heterocycles. The quantitative estimate of drug-likeness (QED) is 0.368. The van der Waals surface area contributed by atoms with Crippen molar-refractivity contribution in [1.82, 2.24) is 9.78 Å². The van der Waals surface area contributed by atoms with Gasteiger partial charge >= 0.3 is 16.1 Å². The molecule has 0 aliphatic heterocycles. The Morgan fingerprint density at radius 3 is 2.34 bits per heavy atom. The summed E-state index contributed by atoms with van der Waals surface area (Å²) in [6.07, 6.45) is 0. The number of ether oxygens (including phenoxy) is 3. The zero-order chi connectivity index (χ0) is 23.3. The largest absolute Gasteiger partial charge is 0.497 e. The van der Waals surface area contributed by atoms with E-state index in [1.54, 1.807) is 37.3 Å². The molecule has 168 valence electrons. The molecule has 0 aliphatic rings. The highest BCUT2D eigenvalue weighted by Gasteiger charge is 2.28. The minimum Gasteiger partial charge on any atom is -0.497 e. The van der Waals surface area contributed by atoms with Crippen molar-refractivity contribution >= 4 is 16.1 Å². The number of hydrogen-bond donors (Lipinski definition) is 0. The lowest BCUT2D eigenvalue weighted by atomic mass is 10.3. The Labute approximate surface area is 184 Å². The first kappa shape index (κ1) is 22.8. The van der Waals surface area contributed by atoms with Crippen LogP contribution < -0.4 is 19.2 Å². The molecule has 0 saturated heterocycles. The molecule has 3 aromatic rings. The zero-order valence-electron chi connectivity index (χ0n) is 17.5. The molecule has 0 spiro atoms. The monoisotopic (exact) mass is 460 g/mol. The van der Waals surface area contributed by atoms with Crippen LogP contribution in [0.4, 0.5) is 0 Å². The fourth-order valence-electron chi connectivity index (χ4n) is 2.74. The van der Waals surface area contributed by atoms with E-state index >= 15 is 0 Å². The van der Waals surface area contributed by atoms with Crippen LogP contribution in [0.5, 0.6) is 17.2 Å². The maximum atomic E-state index is 13.0. The van der Waals surface area contributed by atoms with E-state index in [0.29, 0.717) is 5.69 Å². The molecule has 0 aliphatic carbocycles. The Balaban J connectivity index is 2.14. The van der Waals surface area contributed by atoms with Crippen molar-refractivity contribution in [2.24, 2.45) is 0 Å². The number of benzene rings is 2. The van der Waals surface area contributed by atoms with Gasteiger partial charge in [0.15, 0.2) is 10.6 Å². The molecule has 0 bridgehead atoms. The average Bonchev–Trinajstić information content (AvgIpc) is 2.79. The first-order valence-electron chi connectivity index (χ1n) is 9.34. The maximum Gasteiger partial charge on any atom is 0.362 e. The summed E-state index contributed by atoms with van der Waals surface area (Å²) >= 11 is 0. The summed E-state index contributed by atoms with van der Waals surface area (Å²) in [4.78, 5) is 24.8. The smallest absolute Gasteiger partial charge is 0.362 e. The van der Waals surface area contributed by atoms with Gasteiger partial charge in [0.2, 0.25) is 5.69 Å². The summed E-state index contributed by atoms with van der Waals surface area (Å²) in [6, 6.07) is 13.2. The second kappa shape index (κ2) is 9.52. The van der Waals surface area contributed by atoms with Crippen LogP contribution in [0.2, 0.25) is 0 Å². The van der Waals surface area contributed by atoms with Crippen molar-refractivity contribution < 1.29 is 31.6 Å². The minimum absolute atomic E-state index is 0.000867. The van der Waals surface area contributed by atoms with E-state index in [9.17, 15) is 18.0 Å². The van der Waals surface area contributed by atoms with Crippen molar-refractivity contribution in [3.63, 3.8) is 0 Å². The zero-order valence-corrected chi connectivity index (χ0v) is 18.3. The second-order valence-electron chi connectivity index (χ2n) is 6.22. The van der Waals surface area contributed by atoms with Crippen LogP contribution in [0.3, 0.4) is 0 Å².